The minimum absolute atomic E-state index is 0.0277. The van der Waals surface area contributed by atoms with Crippen molar-refractivity contribution in [1.82, 2.24) is 9.78 Å². The molecule has 0 spiro atoms. The zero-order valence-electron chi connectivity index (χ0n) is 13.0. The van der Waals surface area contributed by atoms with Crippen LogP contribution in [0.3, 0.4) is 0 Å². The van der Waals surface area contributed by atoms with E-state index < -0.39 is 0 Å². The second-order valence-corrected chi connectivity index (χ2v) is 6.68. The maximum Gasteiger partial charge on any atom is 0.225 e. The normalized spacial score (nSPS) is 15.5. The molecule has 122 valence electrons. The first-order valence-electron chi connectivity index (χ1n) is 7.91. The lowest BCUT2D eigenvalue weighted by Gasteiger charge is -2.22. The summed E-state index contributed by atoms with van der Waals surface area (Å²) in [5.74, 6) is 0.796. The molecule has 1 amide bonds. The molecule has 1 N–H and O–H groups in total. The highest BCUT2D eigenvalue weighted by molar-refractivity contribution is 7.99. The third-order valence-electron chi connectivity index (χ3n) is 3.79. The van der Waals surface area contributed by atoms with Crippen LogP contribution in [0.25, 0.3) is 0 Å². The number of nitrogens with one attached hydrogen (secondary N) is 1. The number of hydrogen-bond acceptors (Lipinski definition) is 4. The van der Waals surface area contributed by atoms with Crippen molar-refractivity contribution in [2.45, 2.75) is 30.2 Å². The number of amides is 1. The van der Waals surface area contributed by atoms with Crippen LogP contribution in [-0.4, -0.2) is 34.7 Å². The van der Waals surface area contributed by atoms with Crippen molar-refractivity contribution in [3.63, 3.8) is 0 Å². The van der Waals surface area contributed by atoms with E-state index in [4.69, 9.17) is 4.74 Å². The van der Waals surface area contributed by atoms with E-state index in [9.17, 15) is 4.79 Å². The van der Waals surface area contributed by atoms with Crippen LogP contribution in [0, 0.1) is 0 Å². The molecule has 1 saturated heterocycles. The molecule has 1 aromatic heterocycles. The number of thioether (sulfide) groups is 1. The molecule has 2 heterocycles. The van der Waals surface area contributed by atoms with E-state index in [1.165, 1.54) is 4.90 Å². The summed E-state index contributed by atoms with van der Waals surface area (Å²) in [6.07, 6.45) is 6.07. The van der Waals surface area contributed by atoms with Crippen LogP contribution in [-0.2, 0) is 9.53 Å². The van der Waals surface area contributed by atoms with Gasteiger partial charge in [0.1, 0.15) is 0 Å². The molecular formula is C17H21N3O2S. The quantitative estimate of drug-likeness (QED) is 0.825. The van der Waals surface area contributed by atoms with E-state index in [2.05, 4.69) is 22.5 Å². The molecule has 2 aromatic rings. The molecule has 6 heteroatoms. The molecule has 3 rings (SSSR count). The van der Waals surface area contributed by atoms with E-state index in [0.29, 0.717) is 12.5 Å². The van der Waals surface area contributed by atoms with Gasteiger partial charge in [-0.05, 0) is 25.0 Å². The molecule has 0 atom stereocenters. The summed E-state index contributed by atoms with van der Waals surface area (Å²) in [6, 6.07) is 10.5. The van der Waals surface area contributed by atoms with Crippen molar-refractivity contribution in [1.29, 1.82) is 0 Å². The van der Waals surface area contributed by atoms with Crippen molar-refractivity contribution < 1.29 is 9.53 Å². The number of benzene rings is 1. The van der Waals surface area contributed by atoms with Gasteiger partial charge in [0.2, 0.25) is 5.91 Å². The van der Waals surface area contributed by atoms with Crippen molar-refractivity contribution in [3.05, 3.63) is 42.7 Å². The number of aromatic nitrogens is 2. The van der Waals surface area contributed by atoms with Crippen molar-refractivity contribution in [2.75, 3.05) is 24.3 Å². The Balaban J connectivity index is 1.43. The summed E-state index contributed by atoms with van der Waals surface area (Å²) >= 11 is 1.69. The zero-order chi connectivity index (χ0) is 15.9. The van der Waals surface area contributed by atoms with Crippen molar-refractivity contribution in [2.24, 2.45) is 0 Å². The Morgan fingerprint density at radius 2 is 2.09 bits per heavy atom. The lowest BCUT2D eigenvalue weighted by Crippen LogP contribution is -2.19. The first-order chi connectivity index (χ1) is 11.3. The van der Waals surface area contributed by atoms with Gasteiger partial charge in [0, 0.05) is 36.5 Å². The third-order valence-corrected chi connectivity index (χ3v) is 4.81. The van der Waals surface area contributed by atoms with Gasteiger partial charge in [-0.25, -0.2) is 0 Å². The standard InChI is InChI=1S/C17H21N3O2S/c21-17(8-11-23-16-4-2-1-3-5-16)19-14-12-18-20(13-14)15-6-9-22-10-7-15/h1-5,12-13,15H,6-11H2,(H,19,21). The van der Waals surface area contributed by atoms with E-state index in [1.807, 2.05) is 29.1 Å². The highest BCUT2D eigenvalue weighted by atomic mass is 32.2. The van der Waals surface area contributed by atoms with Crippen LogP contribution in [0.2, 0.25) is 0 Å². The average molecular weight is 331 g/mol. The fourth-order valence-corrected chi connectivity index (χ4v) is 3.43. The number of rotatable bonds is 6. The second-order valence-electron chi connectivity index (χ2n) is 5.51. The smallest absolute Gasteiger partial charge is 0.225 e. The van der Waals surface area contributed by atoms with Gasteiger partial charge in [-0.2, -0.15) is 5.10 Å². The molecule has 1 aliphatic rings. The van der Waals surface area contributed by atoms with Gasteiger partial charge >= 0.3 is 0 Å². The summed E-state index contributed by atoms with van der Waals surface area (Å²) in [7, 11) is 0. The fraction of sp³-hybridized carbons (Fsp3) is 0.412. The minimum Gasteiger partial charge on any atom is -0.381 e. The van der Waals surface area contributed by atoms with E-state index in [0.717, 1.165) is 37.5 Å². The Morgan fingerprint density at radius 3 is 2.87 bits per heavy atom. The van der Waals surface area contributed by atoms with Crippen LogP contribution in [0.5, 0.6) is 0 Å². The molecule has 23 heavy (non-hydrogen) atoms. The Labute approximate surface area is 140 Å². The zero-order valence-corrected chi connectivity index (χ0v) is 13.8. The monoisotopic (exact) mass is 331 g/mol. The number of nitrogens with zero attached hydrogens (tertiary/aromatic N) is 2. The summed E-state index contributed by atoms with van der Waals surface area (Å²) < 4.78 is 7.30. The number of carbonyl (C=O) groups is 1. The topological polar surface area (TPSA) is 56.2 Å². The van der Waals surface area contributed by atoms with Gasteiger partial charge < -0.3 is 10.1 Å². The Morgan fingerprint density at radius 1 is 1.30 bits per heavy atom. The molecule has 0 radical (unpaired) electrons. The predicted molar refractivity (Wildman–Crippen MR) is 91.7 cm³/mol. The predicted octanol–water partition coefficient (Wildman–Crippen LogP) is 3.36. The van der Waals surface area contributed by atoms with Crippen LogP contribution in [0.4, 0.5) is 5.69 Å². The van der Waals surface area contributed by atoms with Crippen LogP contribution in [0.15, 0.2) is 47.6 Å². The van der Waals surface area contributed by atoms with Gasteiger partial charge in [0.05, 0.1) is 17.9 Å². The van der Waals surface area contributed by atoms with Gasteiger partial charge in [-0.1, -0.05) is 18.2 Å². The molecule has 1 fully saturated rings. The number of carbonyl (C=O) groups excluding carboxylic acids is 1. The summed E-state index contributed by atoms with van der Waals surface area (Å²) in [6.45, 7) is 1.56. The maximum absolute atomic E-state index is 12.0. The average Bonchev–Trinajstić information content (AvgIpc) is 3.05. The summed E-state index contributed by atoms with van der Waals surface area (Å²) in [5.41, 5.74) is 0.770. The first kappa shape index (κ1) is 16.1. The highest BCUT2D eigenvalue weighted by Gasteiger charge is 2.16. The van der Waals surface area contributed by atoms with Gasteiger partial charge in [-0.3, -0.25) is 9.48 Å². The molecule has 1 aliphatic heterocycles. The van der Waals surface area contributed by atoms with Gasteiger partial charge in [0.25, 0.3) is 0 Å². The fourth-order valence-electron chi connectivity index (χ4n) is 2.55. The van der Waals surface area contributed by atoms with Crippen LogP contribution >= 0.6 is 11.8 Å². The van der Waals surface area contributed by atoms with Gasteiger partial charge in [-0.15, -0.1) is 11.8 Å². The first-order valence-corrected chi connectivity index (χ1v) is 8.89. The van der Waals surface area contributed by atoms with E-state index in [-0.39, 0.29) is 5.91 Å². The number of anilines is 1. The number of hydrogen-bond donors (Lipinski definition) is 1. The largest absolute Gasteiger partial charge is 0.381 e. The SMILES string of the molecule is O=C(CCSc1ccccc1)Nc1cnn(C2CCOCC2)c1. The summed E-state index contributed by atoms with van der Waals surface area (Å²) in [4.78, 5) is 13.2. The third kappa shape index (κ3) is 4.84. The minimum atomic E-state index is 0.0277. The second kappa shape index (κ2) is 8.17. The lowest BCUT2D eigenvalue weighted by molar-refractivity contribution is -0.115. The van der Waals surface area contributed by atoms with Gasteiger partial charge in [0.15, 0.2) is 0 Å². The Kier molecular flexibility index (Phi) is 5.71. The molecule has 0 bridgehead atoms. The number of ether oxygens (including phenoxy) is 1. The van der Waals surface area contributed by atoms with E-state index in [1.54, 1.807) is 18.0 Å². The molecule has 5 nitrogen and oxygen atoms in total. The summed E-state index contributed by atoms with van der Waals surface area (Å²) in [5, 5.41) is 7.28. The highest BCUT2D eigenvalue weighted by Crippen LogP contribution is 2.22. The molecule has 0 unspecified atom stereocenters. The van der Waals surface area contributed by atoms with Crippen molar-refractivity contribution in [3.8, 4) is 0 Å². The Bertz CT molecular complexity index is 624. The molecule has 1 aromatic carbocycles. The molecular weight excluding hydrogens is 310 g/mol. The van der Waals surface area contributed by atoms with Crippen LogP contribution in [0.1, 0.15) is 25.3 Å². The lowest BCUT2D eigenvalue weighted by atomic mass is 10.1. The maximum atomic E-state index is 12.0. The van der Waals surface area contributed by atoms with Crippen LogP contribution < -0.4 is 5.32 Å². The van der Waals surface area contributed by atoms with E-state index >= 15 is 0 Å². The molecule has 0 aliphatic carbocycles. The van der Waals surface area contributed by atoms with Crippen molar-refractivity contribution >= 4 is 23.4 Å². The molecule has 0 saturated carbocycles. The Hall–Kier alpha value is -1.79.